The maximum atomic E-state index is 2.40. The quantitative estimate of drug-likeness (QED) is 0.188. The van der Waals surface area contributed by atoms with E-state index < -0.39 is 0 Å². The molecule has 0 nitrogen and oxygen atoms in total. The fraction of sp³-hybridized carbons (Fsp3) is 0.639. The molecule has 4 aromatic rings. The Bertz CT molecular complexity index is 2240. The summed E-state index contributed by atoms with van der Waals surface area (Å²) in [5.41, 5.74) is 15.4. The number of fused-ring (bicyclic) bond motifs is 2. The fourth-order valence-electron chi connectivity index (χ4n) is 8.39. The van der Waals surface area contributed by atoms with Gasteiger partial charge in [0.2, 0.25) is 0 Å². The Morgan fingerprint density at radius 1 is 0.349 bits per heavy atom. The molecule has 3 aliphatic carbocycles. The van der Waals surface area contributed by atoms with Gasteiger partial charge in [0, 0.05) is 0 Å². The zero-order valence-electron chi connectivity index (χ0n) is 61.8. The third-order valence-corrected chi connectivity index (χ3v) is 12.7. The van der Waals surface area contributed by atoms with Crippen molar-refractivity contribution in [3.63, 3.8) is 0 Å². The van der Waals surface area contributed by atoms with E-state index in [0.717, 1.165) is 31.1 Å². The second-order valence-corrected chi connectivity index (χ2v) is 37.1. The van der Waals surface area contributed by atoms with Crippen LogP contribution in [0, 0.1) is 55.2 Å². The molecule has 0 aromatic heterocycles. The monoisotopic (exact) mass is 1140 g/mol. The van der Waals surface area contributed by atoms with Crippen LogP contribution in [0.2, 0.25) is 0 Å². The minimum Gasteiger partial charge on any atom is -0.0795 e. The first-order chi connectivity index (χ1) is 37.0. The lowest BCUT2D eigenvalue weighted by Gasteiger charge is -2.41. The number of rotatable bonds is 2. The summed E-state index contributed by atoms with van der Waals surface area (Å²) in [5.74, 6) is 1.92. The van der Waals surface area contributed by atoms with Gasteiger partial charge in [0.15, 0.2) is 0 Å². The van der Waals surface area contributed by atoms with Gasteiger partial charge in [-0.2, -0.15) is 0 Å². The Morgan fingerprint density at radius 3 is 0.867 bits per heavy atom. The van der Waals surface area contributed by atoms with Crippen LogP contribution in [0.25, 0.3) is 18.2 Å². The first kappa shape index (κ1) is 81.2. The minimum absolute atomic E-state index is 0.242. The van der Waals surface area contributed by atoms with Crippen molar-refractivity contribution < 1.29 is 0 Å². The van der Waals surface area contributed by atoms with E-state index in [1.54, 1.807) is 0 Å². The molecule has 0 amide bonds. The van der Waals surface area contributed by atoms with Crippen molar-refractivity contribution in [3.8, 4) is 0 Å². The molecule has 3 aliphatic rings. The lowest BCUT2D eigenvalue weighted by atomic mass is 9.64. The highest BCUT2D eigenvalue weighted by molar-refractivity contribution is 5.60. The average Bonchev–Trinajstić information content (AvgIpc) is 3.96. The van der Waals surface area contributed by atoms with Crippen LogP contribution in [-0.2, 0) is 30.1 Å². The molecule has 0 saturated heterocycles. The van der Waals surface area contributed by atoms with Gasteiger partial charge in [-0.15, -0.1) is 0 Å². The molecule has 0 unspecified atom stereocenters. The Balaban J connectivity index is 0. The summed E-state index contributed by atoms with van der Waals surface area (Å²) in [5, 5.41) is 0. The van der Waals surface area contributed by atoms with Crippen LogP contribution in [0.15, 0.2) is 115 Å². The molecule has 0 atom stereocenters. The predicted octanol–water partition coefficient (Wildman–Crippen LogP) is 27.2. The number of hydrogen-bond donors (Lipinski definition) is 0. The predicted molar refractivity (Wildman–Crippen MR) is 385 cm³/mol. The van der Waals surface area contributed by atoms with E-state index in [4.69, 9.17) is 0 Å². The van der Waals surface area contributed by atoms with Gasteiger partial charge in [-0.25, -0.2) is 0 Å². The Hall–Kier alpha value is -3.90. The van der Waals surface area contributed by atoms with Crippen molar-refractivity contribution in [1.82, 2.24) is 0 Å². The highest BCUT2D eigenvalue weighted by Crippen LogP contribution is 2.45. The molecular formula is C83H140. The average molecular weight is 1140 g/mol. The molecule has 7 rings (SSSR count). The molecule has 83 heavy (non-hydrogen) atoms. The largest absolute Gasteiger partial charge is 0.0795 e. The maximum Gasteiger partial charge on any atom is -0.00882 e. The van der Waals surface area contributed by atoms with Gasteiger partial charge >= 0.3 is 0 Å². The van der Waals surface area contributed by atoms with Crippen LogP contribution in [0.5, 0.6) is 0 Å². The van der Waals surface area contributed by atoms with Crippen LogP contribution in [0.1, 0.15) is 306 Å². The second-order valence-electron chi connectivity index (χ2n) is 37.1. The zero-order valence-corrected chi connectivity index (χ0v) is 61.8. The van der Waals surface area contributed by atoms with Gasteiger partial charge in [0.05, 0.1) is 0 Å². The van der Waals surface area contributed by atoms with E-state index in [0.29, 0.717) is 37.9 Å². The van der Waals surface area contributed by atoms with Crippen LogP contribution in [-0.4, -0.2) is 0 Å². The van der Waals surface area contributed by atoms with Crippen molar-refractivity contribution >= 4 is 18.2 Å². The smallest absolute Gasteiger partial charge is 0.00882 e. The van der Waals surface area contributed by atoms with Crippen LogP contribution >= 0.6 is 0 Å². The molecule has 4 aromatic carbocycles. The van der Waals surface area contributed by atoms with Crippen molar-refractivity contribution in [3.05, 3.63) is 160 Å². The number of benzene rings is 4. The standard InChI is InChI=1S/C16H24.C15H24.C14H28.2C9H8.4C5H12/c1-15(2,3)12-11-13-7-9-14(10-8-13)16(4,5)6;1-14(2,3)11-12-7-9-13(10-8-12)15(4,5)6;1-13(2,3)11-7-9-12(10-8-11)14(4,5)6;2*1-2-5-9-7-3-6-8(9)4-1;4*1-5(2,3)4/h7-12H,1-6H3;7-10H,11H2,1-6H3;11-12H,7-10H2,1-6H3;2*1-6H,7H2;4*1-4H3/b12-11+;;;;;;;;. The van der Waals surface area contributed by atoms with E-state index in [-0.39, 0.29) is 16.2 Å². The summed E-state index contributed by atoms with van der Waals surface area (Å²) >= 11 is 0. The van der Waals surface area contributed by atoms with Crippen molar-refractivity contribution in [2.45, 2.75) is 291 Å². The van der Waals surface area contributed by atoms with Crippen LogP contribution in [0.3, 0.4) is 0 Å². The fourth-order valence-corrected chi connectivity index (χ4v) is 8.39. The Labute approximate surface area is 521 Å². The highest BCUT2D eigenvalue weighted by atomic mass is 14.4. The maximum absolute atomic E-state index is 2.40. The summed E-state index contributed by atoms with van der Waals surface area (Å²) in [6.07, 6.45) is 22.4. The van der Waals surface area contributed by atoms with Crippen LogP contribution < -0.4 is 0 Å². The molecule has 0 N–H and O–H groups in total. The number of hydrogen-bond acceptors (Lipinski definition) is 0. The van der Waals surface area contributed by atoms with Crippen molar-refractivity contribution in [2.24, 2.45) is 55.2 Å². The summed E-state index contributed by atoms with van der Waals surface area (Å²) in [4.78, 5) is 0. The first-order valence-electron chi connectivity index (χ1n) is 32.4. The van der Waals surface area contributed by atoms with Gasteiger partial charge in [-0.3, -0.25) is 0 Å². The molecule has 472 valence electrons. The summed E-state index contributed by atoms with van der Waals surface area (Å²) < 4.78 is 0. The SMILES string of the molecule is C1=Cc2ccccc2C1.C1=Cc2ccccc2C1.CC(C)(C)/C=C/c1ccc(C(C)(C)C)cc1.CC(C)(C)C.CC(C)(C)C.CC(C)(C)C.CC(C)(C)C.CC(C)(C)C1CCC(C(C)(C)C)CC1.CC(C)(C)Cc1ccc(C(C)(C)C)cc1. The normalized spacial score (nSPS) is 15.9. The van der Waals surface area contributed by atoms with Gasteiger partial charge in [-0.1, -0.05) is 369 Å². The third kappa shape index (κ3) is 50.0. The topological polar surface area (TPSA) is 0 Å². The van der Waals surface area contributed by atoms with Crippen LogP contribution in [0.4, 0.5) is 0 Å². The first-order valence-corrected chi connectivity index (χ1v) is 32.4. The molecule has 0 bridgehead atoms. The van der Waals surface area contributed by atoms with E-state index in [1.807, 2.05) is 0 Å². The van der Waals surface area contributed by atoms with E-state index >= 15 is 0 Å². The highest BCUT2D eigenvalue weighted by Gasteiger charge is 2.34. The van der Waals surface area contributed by atoms with Gasteiger partial charge in [0.25, 0.3) is 0 Å². The molecule has 0 heteroatoms. The second kappa shape index (κ2) is 35.0. The lowest BCUT2D eigenvalue weighted by molar-refractivity contribution is 0.0970. The molecule has 1 saturated carbocycles. The molecular weight excluding hydrogens is 997 g/mol. The van der Waals surface area contributed by atoms with Crippen molar-refractivity contribution in [1.29, 1.82) is 0 Å². The summed E-state index contributed by atoms with van der Waals surface area (Å²) in [7, 11) is 0. The molecule has 0 spiro atoms. The number of allylic oxidation sites excluding steroid dienone is 3. The zero-order chi connectivity index (χ0) is 65.3. The lowest BCUT2D eigenvalue weighted by Crippen LogP contribution is -2.30. The molecule has 0 radical (unpaired) electrons. The molecule has 1 fully saturated rings. The summed E-state index contributed by atoms with van der Waals surface area (Å²) in [6.45, 7) is 76.4. The molecule has 0 aliphatic heterocycles. The van der Waals surface area contributed by atoms with Gasteiger partial charge in [0.1, 0.15) is 0 Å². The summed E-state index contributed by atoms with van der Waals surface area (Å²) in [6, 6.07) is 34.9. The van der Waals surface area contributed by atoms with Crippen molar-refractivity contribution in [2.75, 3.05) is 0 Å². The minimum atomic E-state index is 0.242. The van der Waals surface area contributed by atoms with Gasteiger partial charge in [-0.05, 0) is 155 Å². The third-order valence-electron chi connectivity index (χ3n) is 12.7. The van der Waals surface area contributed by atoms with E-state index in [2.05, 4.69) is 369 Å². The van der Waals surface area contributed by atoms with E-state index in [9.17, 15) is 0 Å². The van der Waals surface area contributed by atoms with E-state index in [1.165, 1.54) is 70.2 Å². The Morgan fingerprint density at radius 2 is 0.627 bits per heavy atom. The Kier molecular flexibility index (Phi) is 34.3. The van der Waals surface area contributed by atoms with Gasteiger partial charge < -0.3 is 0 Å². The molecule has 0 heterocycles.